The van der Waals surface area contributed by atoms with Gasteiger partial charge in [0, 0.05) is 6.04 Å². The van der Waals surface area contributed by atoms with Crippen LogP contribution in [0.25, 0.3) is 0 Å². The van der Waals surface area contributed by atoms with Crippen molar-refractivity contribution in [1.82, 2.24) is 5.32 Å². The molecule has 2 heteroatoms. The van der Waals surface area contributed by atoms with Gasteiger partial charge in [-0.1, -0.05) is 27.7 Å². The molecule has 0 saturated heterocycles. The van der Waals surface area contributed by atoms with Gasteiger partial charge in [0.2, 0.25) is 0 Å². The van der Waals surface area contributed by atoms with Crippen molar-refractivity contribution < 1.29 is 0 Å². The normalized spacial score (nSPS) is 16.2. The van der Waals surface area contributed by atoms with Crippen LogP contribution in [-0.4, -0.2) is 24.6 Å². The van der Waals surface area contributed by atoms with E-state index in [1.165, 1.54) is 12.2 Å². The predicted molar refractivity (Wildman–Crippen MR) is 64.5 cm³/mol. The van der Waals surface area contributed by atoms with Crippen LogP contribution in [0.2, 0.25) is 0 Å². The van der Waals surface area contributed by atoms with Crippen LogP contribution in [0, 0.1) is 11.8 Å². The maximum atomic E-state index is 3.50. The second-order valence-electron chi connectivity index (χ2n) is 4.30. The second-order valence-corrected chi connectivity index (χ2v) is 5.28. The Hall–Kier alpha value is 0.310. The van der Waals surface area contributed by atoms with Crippen molar-refractivity contribution in [2.45, 2.75) is 40.2 Å². The molecule has 0 radical (unpaired) electrons. The van der Waals surface area contributed by atoms with E-state index in [0.717, 1.165) is 18.4 Å². The Labute approximate surface area is 88.1 Å². The van der Waals surface area contributed by atoms with E-state index >= 15 is 0 Å². The maximum absolute atomic E-state index is 3.50. The lowest BCUT2D eigenvalue weighted by molar-refractivity contribution is 0.349. The van der Waals surface area contributed by atoms with E-state index in [2.05, 4.69) is 39.3 Å². The van der Waals surface area contributed by atoms with Gasteiger partial charge in [-0.05, 0) is 36.8 Å². The molecule has 0 bridgehead atoms. The first-order valence-corrected chi connectivity index (χ1v) is 6.69. The first-order valence-electron chi connectivity index (χ1n) is 5.30. The molecule has 0 aliphatic heterocycles. The summed E-state index contributed by atoms with van der Waals surface area (Å²) in [7, 11) is 0. The molecule has 0 aliphatic carbocycles. The summed E-state index contributed by atoms with van der Waals surface area (Å²) < 4.78 is 0. The lowest BCUT2D eigenvalue weighted by Crippen LogP contribution is -2.30. The van der Waals surface area contributed by atoms with Gasteiger partial charge in [-0.25, -0.2) is 0 Å². The molecule has 0 aromatic heterocycles. The minimum absolute atomic E-state index is 0.621. The fraction of sp³-hybridized carbons (Fsp3) is 1.00. The summed E-state index contributed by atoms with van der Waals surface area (Å²) in [6.45, 7) is 10.3. The Bertz CT molecular complexity index is 115. The first-order chi connectivity index (χ1) is 6.07. The predicted octanol–water partition coefficient (Wildman–Crippen LogP) is 3.01. The van der Waals surface area contributed by atoms with E-state index in [0.29, 0.717) is 6.04 Å². The molecule has 1 N–H and O–H groups in total. The zero-order valence-corrected chi connectivity index (χ0v) is 10.6. The molecule has 0 aliphatic rings. The summed E-state index contributed by atoms with van der Waals surface area (Å²) in [5, 5.41) is 3.50. The maximum Gasteiger partial charge on any atom is 0.00104 e. The highest BCUT2D eigenvalue weighted by atomic mass is 32.2. The molecule has 0 fully saturated rings. The van der Waals surface area contributed by atoms with E-state index in [1.807, 2.05) is 11.8 Å². The van der Waals surface area contributed by atoms with Gasteiger partial charge in [0.15, 0.2) is 0 Å². The third-order valence-electron chi connectivity index (χ3n) is 2.60. The second kappa shape index (κ2) is 7.69. The zero-order valence-electron chi connectivity index (χ0n) is 9.76. The fourth-order valence-corrected chi connectivity index (χ4v) is 1.82. The smallest absolute Gasteiger partial charge is 0.00104 e. The molecule has 2 unspecified atom stereocenters. The van der Waals surface area contributed by atoms with E-state index in [9.17, 15) is 0 Å². The van der Waals surface area contributed by atoms with Crippen LogP contribution in [0.4, 0.5) is 0 Å². The molecule has 0 aromatic rings. The Morgan fingerprint density at radius 3 is 2.15 bits per heavy atom. The summed E-state index contributed by atoms with van der Waals surface area (Å²) in [5.74, 6) is 2.95. The summed E-state index contributed by atoms with van der Waals surface area (Å²) in [6.07, 6.45) is 3.53. The van der Waals surface area contributed by atoms with Gasteiger partial charge in [-0.2, -0.15) is 11.8 Å². The average molecular weight is 203 g/mol. The summed E-state index contributed by atoms with van der Waals surface area (Å²) in [4.78, 5) is 0. The summed E-state index contributed by atoms with van der Waals surface area (Å²) in [6, 6.07) is 0.621. The number of hydrogen-bond acceptors (Lipinski definition) is 2. The van der Waals surface area contributed by atoms with E-state index in [-0.39, 0.29) is 0 Å². The minimum atomic E-state index is 0.621. The van der Waals surface area contributed by atoms with Crippen molar-refractivity contribution in [3.63, 3.8) is 0 Å². The summed E-state index contributed by atoms with van der Waals surface area (Å²) in [5.41, 5.74) is 0. The van der Waals surface area contributed by atoms with Crippen LogP contribution in [0.3, 0.4) is 0 Å². The van der Waals surface area contributed by atoms with E-state index in [4.69, 9.17) is 0 Å². The highest BCUT2D eigenvalue weighted by Gasteiger charge is 2.11. The molecule has 13 heavy (non-hydrogen) atoms. The minimum Gasteiger partial charge on any atom is -0.314 e. The topological polar surface area (TPSA) is 12.0 Å². The van der Waals surface area contributed by atoms with Crippen molar-refractivity contribution >= 4 is 11.8 Å². The lowest BCUT2D eigenvalue weighted by atomic mass is 9.93. The van der Waals surface area contributed by atoms with Crippen molar-refractivity contribution in [3.8, 4) is 0 Å². The van der Waals surface area contributed by atoms with Crippen LogP contribution in [0.15, 0.2) is 0 Å². The molecule has 1 nitrogen and oxygen atoms in total. The Kier molecular flexibility index (Phi) is 7.87. The third kappa shape index (κ3) is 7.39. The lowest BCUT2D eigenvalue weighted by Gasteiger charge is -2.21. The van der Waals surface area contributed by atoms with Crippen molar-refractivity contribution in [2.75, 3.05) is 18.6 Å². The molecular formula is C11H25NS. The van der Waals surface area contributed by atoms with Crippen molar-refractivity contribution in [1.29, 1.82) is 0 Å². The van der Waals surface area contributed by atoms with Crippen molar-refractivity contribution in [2.24, 2.45) is 11.8 Å². The Morgan fingerprint density at radius 1 is 1.08 bits per heavy atom. The van der Waals surface area contributed by atoms with Gasteiger partial charge >= 0.3 is 0 Å². The quantitative estimate of drug-likeness (QED) is 0.682. The number of rotatable bonds is 7. The molecular weight excluding hydrogens is 178 g/mol. The molecule has 2 atom stereocenters. The molecule has 0 amide bonds. The molecule has 0 spiro atoms. The number of nitrogens with one attached hydrogen (secondary N) is 1. The van der Waals surface area contributed by atoms with Gasteiger partial charge in [0.1, 0.15) is 0 Å². The highest BCUT2D eigenvalue weighted by Crippen LogP contribution is 2.16. The number of hydrogen-bond donors (Lipinski definition) is 1. The van der Waals surface area contributed by atoms with Gasteiger partial charge < -0.3 is 5.32 Å². The SMILES string of the molecule is CSCCC(C)C(C)CNC(C)C. The zero-order chi connectivity index (χ0) is 10.3. The largest absolute Gasteiger partial charge is 0.314 e. The van der Waals surface area contributed by atoms with Gasteiger partial charge in [-0.3, -0.25) is 0 Å². The van der Waals surface area contributed by atoms with Crippen LogP contribution in [-0.2, 0) is 0 Å². The van der Waals surface area contributed by atoms with Crippen molar-refractivity contribution in [3.05, 3.63) is 0 Å². The van der Waals surface area contributed by atoms with Crippen LogP contribution >= 0.6 is 11.8 Å². The summed E-state index contributed by atoms with van der Waals surface area (Å²) >= 11 is 1.95. The molecule has 0 aromatic carbocycles. The molecule has 0 saturated carbocycles. The van der Waals surface area contributed by atoms with Crippen LogP contribution in [0.1, 0.15) is 34.1 Å². The van der Waals surface area contributed by atoms with E-state index < -0.39 is 0 Å². The fourth-order valence-electron chi connectivity index (χ4n) is 1.21. The third-order valence-corrected chi connectivity index (χ3v) is 3.24. The Balaban J connectivity index is 3.50. The van der Waals surface area contributed by atoms with Gasteiger partial charge in [0.05, 0.1) is 0 Å². The van der Waals surface area contributed by atoms with E-state index in [1.54, 1.807) is 0 Å². The Morgan fingerprint density at radius 2 is 1.69 bits per heavy atom. The average Bonchev–Trinajstić information content (AvgIpc) is 2.10. The monoisotopic (exact) mass is 203 g/mol. The highest BCUT2D eigenvalue weighted by molar-refractivity contribution is 7.98. The van der Waals surface area contributed by atoms with Crippen LogP contribution < -0.4 is 5.32 Å². The number of thioether (sulfide) groups is 1. The molecule has 0 heterocycles. The van der Waals surface area contributed by atoms with Gasteiger partial charge in [0.25, 0.3) is 0 Å². The standard InChI is InChI=1S/C11H25NS/c1-9(2)12-8-11(4)10(3)6-7-13-5/h9-12H,6-8H2,1-5H3. The molecule has 0 rings (SSSR count). The van der Waals surface area contributed by atoms with Gasteiger partial charge in [-0.15, -0.1) is 0 Å². The molecule has 80 valence electrons. The van der Waals surface area contributed by atoms with Crippen LogP contribution in [0.5, 0.6) is 0 Å². The first kappa shape index (κ1) is 13.3.